The maximum atomic E-state index is 14.1. The van der Waals surface area contributed by atoms with Gasteiger partial charge in [-0.2, -0.15) is 0 Å². The lowest BCUT2D eigenvalue weighted by molar-refractivity contribution is 0.157. The maximum Gasteiger partial charge on any atom is 0.148 e. The molecule has 0 saturated carbocycles. The van der Waals surface area contributed by atoms with Crippen molar-refractivity contribution in [2.24, 2.45) is 5.73 Å². The van der Waals surface area contributed by atoms with Gasteiger partial charge in [0.05, 0.1) is 5.02 Å². The Kier molecular flexibility index (Phi) is 3.71. The van der Waals surface area contributed by atoms with Crippen molar-refractivity contribution in [3.05, 3.63) is 62.8 Å². The van der Waals surface area contributed by atoms with Crippen molar-refractivity contribution >= 4 is 27.5 Å². The fourth-order valence-corrected chi connectivity index (χ4v) is 2.96. The van der Waals surface area contributed by atoms with Crippen molar-refractivity contribution in [2.45, 2.75) is 18.6 Å². The Hall–Kier alpha value is -1.10. The van der Waals surface area contributed by atoms with Crippen LogP contribution in [0.2, 0.25) is 5.02 Å². The second kappa shape index (κ2) is 5.35. The van der Waals surface area contributed by atoms with Crippen LogP contribution in [0.4, 0.5) is 4.39 Å². The summed E-state index contributed by atoms with van der Waals surface area (Å²) in [5, 5.41) is 0.0970. The number of hydrogen-bond acceptors (Lipinski definition) is 2. The average Bonchev–Trinajstić information content (AvgIpc) is 2.41. The van der Waals surface area contributed by atoms with Crippen molar-refractivity contribution < 1.29 is 9.13 Å². The first-order valence-corrected chi connectivity index (χ1v) is 7.39. The molecule has 2 atom stereocenters. The molecule has 0 aliphatic carbocycles. The molecule has 0 saturated heterocycles. The van der Waals surface area contributed by atoms with Crippen molar-refractivity contribution in [1.29, 1.82) is 0 Å². The summed E-state index contributed by atoms with van der Waals surface area (Å²) in [6, 6.07) is 10.4. The summed E-state index contributed by atoms with van der Waals surface area (Å²) in [5.41, 5.74) is 7.54. The molecule has 0 bridgehead atoms. The highest BCUT2D eigenvalue weighted by Gasteiger charge is 2.29. The summed E-state index contributed by atoms with van der Waals surface area (Å²) in [6.07, 6.45) is 0.0943. The lowest BCUT2D eigenvalue weighted by atomic mass is 9.93. The summed E-state index contributed by atoms with van der Waals surface area (Å²) >= 11 is 9.22. The third-order valence-corrected chi connectivity index (χ3v) is 4.23. The largest absolute Gasteiger partial charge is 0.485 e. The molecule has 0 aromatic heterocycles. The van der Waals surface area contributed by atoms with Gasteiger partial charge in [-0.1, -0.05) is 45.7 Å². The summed E-state index contributed by atoms with van der Waals surface area (Å²) in [4.78, 5) is 0. The average molecular weight is 357 g/mol. The summed E-state index contributed by atoms with van der Waals surface area (Å²) in [7, 11) is 0. The van der Waals surface area contributed by atoms with E-state index in [-0.39, 0.29) is 11.1 Å². The van der Waals surface area contributed by atoms with Crippen LogP contribution >= 0.6 is 27.5 Å². The normalized spacial score (nSPS) is 21.2. The van der Waals surface area contributed by atoms with E-state index in [1.807, 2.05) is 18.2 Å². The molecule has 2 nitrogen and oxygen atoms in total. The number of hydrogen-bond donors (Lipinski definition) is 1. The quantitative estimate of drug-likeness (QED) is 0.799. The predicted molar refractivity (Wildman–Crippen MR) is 80.5 cm³/mol. The molecule has 2 aromatic rings. The smallest absolute Gasteiger partial charge is 0.148 e. The zero-order valence-electron chi connectivity index (χ0n) is 10.4. The molecule has 1 aliphatic heterocycles. The van der Waals surface area contributed by atoms with Crippen LogP contribution in [0.5, 0.6) is 5.75 Å². The molecule has 2 aromatic carbocycles. The molecule has 20 heavy (non-hydrogen) atoms. The van der Waals surface area contributed by atoms with Crippen LogP contribution in [0, 0.1) is 5.82 Å². The van der Waals surface area contributed by atoms with Crippen molar-refractivity contribution in [1.82, 2.24) is 0 Å². The van der Waals surface area contributed by atoms with Gasteiger partial charge in [-0.15, -0.1) is 0 Å². The zero-order valence-corrected chi connectivity index (χ0v) is 12.8. The summed E-state index contributed by atoms with van der Waals surface area (Å²) in [6.45, 7) is 0. The standard InChI is InChI=1S/C15H12BrClFNO/c16-8-4-5-9-12(19)7-14(20-13(9)6-8)10-2-1-3-11(17)15(10)18/h1-6,12,14H,7,19H2. The molecular weight excluding hydrogens is 345 g/mol. The first-order valence-electron chi connectivity index (χ1n) is 6.22. The fourth-order valence-electron chi connectivity index (χ4n) is 2.44. The van der Waals surface area contributed by atoms with E-state index in [1.165, 1.54) is 6.07 Å². The lowest BCUT2D eigenvalue weighted by Gasteiger charge is -2.31. The Balaban J connectivity index is 2.00. The minimum absolute atomic E-state index is 0.0970. The van der Waals surface area contributed by atoms with E-state index in [1.54, 1.807) is 12.1 Å². The Morgan fingerprint density at radius 2 is 2.05 bits per heavy atom. The van der Waals surface area contributed by atoms with Gasteiger partial charge in [0.25, 0.3) is 0 Å². The van der Waals surface area contributed by atoms with Gasteiger partial charge in [-0.25, -0.2) is 4.39 Å². The van der Waals surface area contributed by atoms with E-state index >= 15 is 0 Å². The second-order valence-corrected chi connectivity index (χ2v) is 6.10. The minimum Gasteiger partial charge on any atom is -0.485 e. The molecule has 0 amide bonds. The highest BCUT2D eigenvalue weighted by Crippen LogP contribution is 2.41. The number of halogens is 3. The number of ether oxygens (including phenoxy) is 1. The van der Waals surface area contributed by atoms with E-state index in [0.717, 1.165) is 10.0 Å². The number of nitrogens with two attached hydrogens (primary N) is 1. The highest BCUT2D eigenvalue weighted by atomic mass is 79.9. The van der Waals surface area contributed by atoms with Gasteiger partial charge in [0, 0.05) is 28.1 Å². The van der Waals surface area contributed by atoms with Crippen LogP contribution in [0.25, 0.3) is 0 Å². The lowest BCUT2D eigenvalue weighted by Crippen LogP contribution is -2.24. The van der Waals surface area contributed by atoms with Gasteiger partial charge in [0.2, 0.25) is 0 Å². The van der Waals surface area contributed by atoms with E-state index < -0.39 is 11.9 Å². The van der Waals surface area contributed by atoms with Crippen LogP contribution in [-0.2, 0) is 0 Å². The van der Waals surface area contributed by atoms with Crippen molar-refractivity contribution in [2.75, 3.05) is 0 Å². The number of rotatable bonds is 1. The van der Waals surface area contributed by atoms with Crippen LogP contribution in [-0.4, -0.2) is 0 Å². The van der Waals surface area contributed by atoms with Crippen LogP contribution in [0.3, 0.4) is 0 Å². The topological polar surface area (TPSA) is 35.2 Å². The Labute approximate surface area is 129 Å². The third kappa shape index (κ3) is 2.43. The Morgan fingerprint density at radius 3 is 2.85 bits per heavy atom. The molecule has 1 aliphatic rings. The van der Waals surface area contributed by atoms with Crippen LogP contribution < -0.4 is 10.5 Å². The monoisotopic (exact) mass is 355 g/mol. The number of benzene rings is 2. The first kappa shape index (κ1) is 13.9. The molecule has 2 N–H and O–H groups in total. The number of fused-ring (bicyclic) bond motifs is 1. The van der Waals surface area contributed by atoms with Crippen LogP contribution in [0.1, 0.15) is 29.7 Å². The van der Waals surface area contributed by atoms with E-state index in [4.69, 9.17) is 22.1 Å². The van der Waals surface area contributed by atoms with Crippen molar-refractivity contribution in [3.8, 4) is 5.75 Å². The maximum absolute atomic E-state index is 14.1. The molecule has 0 fully saturated rings. The molecule has 5 heteroatoms. The molecule has 1 heterocycles. The Bertz CT molecular complexity index is 664. The molecule has 0 spiro atoms. The van der Waals surface area contributed by atoms with Crippen LogP contribution in [0.15, 0.2) is 40.9 Å². The first-order chi connectivity index (χ1) is 9.56. The van der Waals surface area contributed by atoms with Gasteiger partial charge in [0.15, 0.2) is 0 Å². The minimum atomic E-state index is -0.440. The second-order valence-electron chi connectivity index (χ2n) is 4.77. The highest BCUT2D eigenvalue weighted by molar-refractivity contribution is 9.10. The molecule has 3 rings (SSSR count). The summed E-state index contributed by atoms with van der Waals surface area (Å²) < 4.78 is 20.9. The van der Waals surface area contributed by atoms with Gasteiger partial charge in [-0.3, -0.25) is 0 Å². The predicted octanol–water partition coefficient (Wildman–Crippen LogP) is 4.77. The molecule has 0 radical (unpaired) electrons. The van der Waals surface area contributed by atoms with E-state index in [0.29, 0.717) is 17.7 Å². The fraction of sp³-hybridized carbons (Fsp3) is 0.200. The SMILES string of the molecule is NC1CC(c2cccc(Cl)c2F)Oc2cc(Br)ccc21. The van der Waals surface area contributed by atoms with Crippen molar-refractivity contribution in [3.63, 3.8) is 0 Å². The van der Waals surface area contributed by atoms with Gasteiger partial charge < -0.3 is 10.5 Å². The van der Waals surface area contributed by atoms with Gasteiger partial charge in [-0.05, 0) is 18.2 Å². The third-order valence-electron chi connectivity index (χ3n) is 3.44. The zero-order chi connectivity index (χ0) is 14.3. The summed E-state index contributed by atoms with van der Waals surface area (Å²) in [5.74, 6) is 0.243. The molecule has 104 valence electrons. The van der Waals surface area contributed by atoms with E-state index in [2.05, 4.69) is 15.9 Å². The van der Waals surface area contributed by atoms with E-state index in [9.17, 15) is 4.39 Å². The molecular formula is C15H12BrClFNO. The van der Waals surface area contributed by atoms with Gasteiger partial charge >= 0.3 is 0 Å². The Morgan fingerprint density at radius 1 is 1.25 bits per heavy atom. The van der Waals surface area contributed by atoms with Gasteiger partial charge in [0.1, 0.15) is 17.7 Å². The molecule has 2 unspecified atom stereocenters.